The fourth-order valence-electron chi connectivity index (χ4n) is 4.59. The van der Waals surface area contributed by atoms with Crippen molar-refractivity contribution in [3.05, 3.63) is 46.5 Å². The Bertz CT molecular complexity index is 794. The van der Waals surface area contributed by atoms with Crippen LogP contribution in [0.25, 0.3) is 0 Å². The van der Waals surface area contributed by atoms with Gasteiger partial charge >= 0.3 is 0 Å². The van der Waals surface area contributed by atoms with E-state index in [0.717, 1.165) is 28.7 Å². The lowest BCUT2D eigenvalue weighted by atomic mass is 10.1. The van der Waals surface area contributed by atoms with Crippen molar-refractivity contribution < 1.29 is 0 Å². The zero-order valence-corrected chi connectivity index (χ0v) is 20.2. The number of hydrogen-bond donors (Lipinski definition) is 0. The molecule has 158 valence electrons. The Kier molecular flexibility index (Phi) is 5.48. The summed E-state index contributed by atoms with van der Waals surface area (Å²) in [6.07, 6.45) is 0. The molecule has 0 aromatic heterocycles. The van der Waals surface area contributed by atoms with Crippen molar-refractivity contribution in [2.45, 2.75) is 27.7 Å². The van der Waals surface area contributed by atoms with Gasteiger partial charge in [0.2, 0.25) is 0 Å². The molecule has 0 atom stereocenters. The molecule has 1 heterocycles. The van der Waals surface area contributed by atoms with Gasteiger partial charge in [0.05, 0.1) is 49.0 Å². The highest BCUT2D eigenvalue weighted by atomic mass is 15.4. The van der Waals surface area contributed by atoms with Gasteiger partial charge < -0.3 is 9.80 Å². The van der Waals surface area contributed by atoms with Crippen LogP contribution < -0.4 is 18.8 Å². The molecule has 4 heteroatoms. The maximum absolute atomic E-state index is 2.55. The van der Waals surface area contributed by atoms with Gasteiger partial charge in [-0.15, -0.1) is 0 Å². The molecule has 2 aromatic carbocycles. The molecule has 1 fully saturated rings. The van der Waals surface area contributed by atoms with Gasteiger partial charge in [-0.2, -0.15) is 0 Å². The lowest BCUT2D eigenvalue weighted by Gasteiger charge is -2.30. The molecular formula is C25H40N4+2. The van der Waals surface area contributed by atoms with Gasteiger partial charge in [-0.05, 0) is 49.9 Å². The fourth-order valence-corrected chi connectivity index (χ4v) is 4.59. The van der Waals surface area contributed by atoms with Crippen LogP contribution in [0.3, 0.4) is 0 Å². The molecule has 0 bridgehead atoms. The molecule has 0 radical (unpaired) electrons. The van der Waals surface area contributed by atoms with Crippen LogP contribution in [-0.4, -0.2) is 62.0 Å². The van der Waals surface area contributed by atoms with E-state index in [9.17, 15) is 0 Å². The highest BCUT2D eigenvalue weighted by molar-refractivity contribution is 5.70. The van der Waals surface area contributed by atoms with Gasteiger partial charge in [-0.3, -0.25) is 8.97 Å². The Hall–Kier alpha value is -2.04. The summed E-state index contributed by atoms with van der Waals surface area (Å²) in [6.45, 7) is 12.1. The zero-order valence-electron chi connectivity index (χ0n) is 20.2. The molecule has 0 aliphatic carbocycles. The lowest BCUT2D eigenvalue weighted by Crippen LogP contribution is -2.35. The van der Waals surface area contributed by atoms with Gasteiger partial charge in [-0.1, -0.05) is 0 Å². The Balaban J connectivity index is 1.90. The first-order valence-corrected chi connectivity index (χ1v) is 10.7. The molecule has 4 nitrogen and oxygen atoms in total. The molecule has 1 aliphatic rings. The van der Waals surface area contributed by atoms with Crippen molar-refractivity contribution in [2.75, 3.05) is 71.8 Å². The minimum absolute atomic E-state index is 0.852. The molecule has 0 unspecified atom stereocenters. The number of rotatable bonds is 4. The van der Waals surface area contributed by atoms with Crippen molar-refractivity contribution in [3.8, 4) is 0 Å². The van der Waals surface area contributed by atoms with Crippen LogP contribution in [0.1, 0.15) is 22.3 Å². The number of benzene rings is 2. The first-order valence-electron chi connectivity index (χ1n) is 10.7. The van der Waals surface area contributed by atoms with Gasteiger partial charge in [0.15, 0.2) is 0 Å². The van der Waals surface area contributed by atoms with Crippen molar-refractivity contribution >= 4 is 22.7 Å². The predicted octanol–water partition coefficient (Wildman–Crippen LogP) is 4.60. The minimum atomic E-state index is 0.852. The molecular weight excluding hydrogens is 356 g/mol. The summed E-state index contributed by atoms with van der Waals surface area (Å²) in [5.74, 6) is 0. The van der Waals surface area contributed by atoms with Gasteiger partial charge in [0.1, 0.15) is 11.4 Å². The summed E-state index contributed by atoms with van der Waals surface area (Å²) >= 11 is 0. The Labute approximate surface area is 178 Å². The van der Waals surface area contributed by atoms with Crippen LogP contribution in [0.5, 0.6) is 0 Å². The topological polar surface area (TPSA) is 6.48 Å². The second kappa shape index (κ2) is 7.33. The van der Waals surface area contributed by atoms with Gasteiger partial charge in [0, 0.05) is 48.7 Å². The van der Waals surface area contributed by atoms with Crippen molar-refractivity contribution in [3.63, 3.8) is 0 Å². The monoisotopic (exact) mass is 396 g/mol. The molecule has 0 amide bonds. The number of hydrogen-bond acceptors (Lipinski definition) is 2. The van der Waals surface area contributed by atoms with E-state index >= 15 is 0 Å². The van der Waals surface area contributed by atoms with E-state index in [0.29, 0.717) is 0 Å². The minimum Gasteiger partial charge on any atom is -0.352 e. The summed E-state index contributed by atoms with van der Waals surface area (Å²) in [4.78, 5) is 5.10. The van der Waals surface area contributed by atoms with Crippen LogP contribution in [0.15, 0.2) is 24.3 Å². The van der Waals surface area contributed by atoms with Gasteiger partial charge in [0.25, 0.3) is 0 Å². The summed E-state index contributed by atoms with van der Waals surface area (Å²) in [7, 11) is 13.4. The Morgan fingerprint density at radius 1 is 0.552 bits per heavy atom. The van der Waals surface area contributed by atoms with E-state index in [4.69, 9.17) is 0 Å². The third-order valence-electron chi connectivity index (χ3n) is 6.11. The van der Waals surface area contributed by atoms with Crippen LogP contribution in [0.2, 0.25) is 0 Å². The standard InChI is InChI=1S/C25H40N4/c1-18-13-22(28(5,6)7)14-19(2)24(18)26-11-12-27(17-26)25-20(3)15-23(16-21(25)4)29(8,9)10/h13-16H,11-12,17H2,1-10H3/q+2. The summed E-state index contributed by atoms with van der Waals surface area (Å²) < 4.78 is 1.70. The van der Waals surface area contributed by atoms with E-state index in [-0.39, 0.29) is 0 Å². The van der Waals surface area contributed by atoms with E-state index in [2.05, 4.69) is 104 Å². The maximum atomic E-state index is 2.55. The van der Waals surface area contributed by atoms with E-state index in [1.54, 1.807) is 0 Å². The van der Waals surface area contributed by atoms with Crippen molar-refractivity contribution in [2.24, 2.45) is 0 Å². The molecule has 0 spiro atoms. The number of anilines is 2. The fraction of sp³-hybridized carbons (Fsp3) is 0.520. The molecule has 1 aliphatic heterocycles. The van der Waals surface area contributed by atoms with Crippen LogP contribution in [0.4, 0.5) is 22.7 Å². The maximum Gasteiger partial charge on any atom is 0.132 e. The third kappa shape index (κ3) is 4.29. The zero-order chi connectivity index (χ0) is 21.7. The summed E-state index contributed by atoms with van der Waals surface area (Å²) in [5, 5.41) is 0. The van der Waals surface area contributed by atoms with E-state index in [1.165, 1.54) is 45.0 Å². The average molecular weight is 397 g/mol. The smallest absolute Gasteiger partial charge is 0.132 e. The Morgan fingerprint density at radius 3 is 1.07 bits per heavy atom. The second-order valence-corrected chi connectivity index (χ2v) is 10.5. The van der Waals surface area contributed by atoms with E-state index in [1.807, 2.05) is 0 Å². The summed E-state index contributed by atoms with van der Waals surface area (Å²) in [5.41, 5.74) is 11.1. The quantitative estimate of drug-likeness (QED) is 0.697. The number of aryl methyl sites for hydroxylation is 4. The largest absolute Gasteiger partial charge is 0.352 e. The highest BCUT2D eigenvalue weighted by Crippen LogP contribution is 2.36. The average Bonchev–Trinajstić information content (AvgIpc) is 3.00. The molecule has 0 saturated carbocycles. The molecule has 2 aromatic rings. The first-order chi connectivity index (χ1) is 13.3. The predicted molar refractivity (Wildman–Crippen MR) is 131 cm³/mol. The highest BCUT2D eigenvalue weighted by Gasteiger charge is 2.27. The van der Waals surface area contributed by atoms with Crippen molar-refractivity contribution in [1.29, 1.82) is 0 Å². The lowest BCUT2D eigenvalue weighted by molar-refractivity contribution is 0.486. The molecule has 3 rings (SSSR count). The normalized spacial score (nSPS) is 15.4. The van der Waals surface area contributed by atoms with Gasteiger partial charge in [-0.25, -0.2) is 0 Å². The molecule has 29 heavy (non-hydrogen) atoms. The van der Waals surface area contributed by atoms with Crippen LogP contribution in [0, 0.1) is 27.7 Å². The van der Waals surface area contributed by atoms with E-state index < -0.39 is 0 Å². The third-order valence-corrected chi connectivity index (χ3v) is 6.11. The number of quaternary nitrogens is 2. The van der Waals surface area contributed by atoms with Crippen LogP contribution >= 0.6 is 0 Å². The summed E-state index contributed by atoms with van der Waals surface area (Å²) in [6, 6.07) is 9.43. The van der Waals surface area contributed by atoms with Crippen LogP contribution in [-0.2, 0) is 0 Å². The Morgan fingerprint density at radius 2 is 0.828 bits per heavy atom. The SMILES string of the molecule is Cc1cc([N+](C)(C)C)cc(C)c1N1CCN(c2c(C)cc([N+](C)(C)C)cc2C)C1. The van der Waals surface area contributed by atoms with Crippen molar-refractivity contribution in [1.82, 2.24) is 8.97 Å². The first kappa shape index (κ1) is 21.7. The number of nitrogens with zero attached hydrogens (tertiary/aromatic N) is 4. The molecule has 0 N–H and O–H groups in total. The second-order valence-electron chi connectivity index (χ2n) is 10.5. The molecule has 1 saturated heterocycles.